The number of carboxylic acids is 1. The molecule has 8 nitrogen and oxygen atoms in total. The van der Waals surface area contributed by atoms with Crippen molar-refractivity contribution in [1.82, 2.24) is 4.90 Å². The third-order valence-electron chi connectivity index (χ3n) is 4.56. The zero-order valence-electron chi connectivity index (χ0n) is 15.7. The molecule has 0 aromatic heterocycles. The number of carbonyl (C=O) groups is 2. The molecule has 0 spiro atoms. The maximum absolute atomic E-state index is 12.8. The molecule has 154 valence electrons. The van der Waals surface area contributed by atoms with Crippen molar-refractivity contribution in [2.45, 2.75) is 17.7 Å². The van der Waals surface area contributed by atoms with Crippen LogP contribution in [0.5, 0.6) is 0 Å². The first kappa shape index (κ1) is 20.8. The second kappa shape index (κ2) is 9.06. The van der Waals surface area contributed by atoms with Gasteiger partial charge in [0.05, 0.1) is 29.4 Å². The number of hydrogen-bond acceptors (Lipinski definition) is 5. The summed E-state index contributed by atoms with van der Waals surface area (Å²) in [5.74, 6) is -1.17. The van der Waals surface area contributed by atoms with E-state index < -0.39 is 16.0 Å². The number of nitrogens with zero attached hydrogens (tertiary/aromatic N) is 1. The van der Waals surface area contributed by atoms with Gasteiger partial charge in [0.1, 0.15) is 0 Å². The topological polar surface area (TPSA) is 113 Å². The Bertz CT molecular complexity index is 982. The van der Waals surface area contributed by atoms with Gasteiger partial charge in [0.2, 0.25) is 0 Å². The largest absolute Gasteiger partial charge is 0.481 e. The lowest BCUT2D eigenvalue weighted by atomic mass is 10.1. The number of carboxylic acid groups (broad SMARTS) is 1. The number of carbonyl (C=O) groups excluding carboxylic acids is 1. The first-order valence-electron chi connectivity index (χ1n) is 9.16. The van der Waals surface area contributed by atoms with Gasteiger partial charge in [0.15, 0.2) is 0 Å². The second-order valence-corrected chi connectivity index (χ2v) is 8.28. The summed E-state index contributed by atoms with van der Waals surface area (Å²) in [7, 11) is -3.91. The van der Waals surface area contributed by atoms with Crippen LogP contribution in [-0.2, 0) is 26.0 Å². The number of hydrogen-bond donors (Lipinski definition) is 2. The summed E-state index contributed by atoms with van der Waals surface area (Å²) < 4.78 is 33.3. The van der Waals surface area contributed by atoms with Gasteiger partial charge in [-0.2, -0.15) is 0 Å². The Morgan fingerprint density at radius 1 is 1.03 bits per heavy atom. The predicted molar refractivity (Wildman–Crippen MR) is 106 cm³/mol. The average molecular weight is 418 g/mol. The van der Waals surface area contributed by atoms with Gasteiger partial charge in [-0.05, 0) is 36.2 Å². The number of rotatable bonds is 7. The molecule has 1 heterocycles. The maximum atomic E-state index is 12.8. The molecule has 1 fully saturated rings. The molecule has 2 aromatic carbocycles. The van der Waals surface area contributed by atoms with Crippen LogP contribution in [0, 0.1) is 0 Å². The highest BCUT2D eigenvalue weighted by Crippen LogP contribution is 2.22. The van der Waals surface area contributed by atoms with Gasteiger partial charge >= 0.3 is 5.97 Å². The fourth-order valence-electron chi connectivity index (χ4n) is 2.99. The van der Waals surface area contributed by atoms with Crippen molar-refractivity contribution >= 4 is 27.6 Å². The van der Waals surface area contributed by atoms with Gasteiger partial charge in [-0.3, -0.25) is 14.3 Å². The van der Waals surface area contributed by atoms with Crippen LogP contribution < -0.4 is 4.72 Å². The first-order chi connectivity index (χ1) is 13.9. The molecule has 1 aliphatic heterocycles. The molecule has 2 aromatic rings. The summed E-state index contributed by atoms with van der Waals surface area (Å²) in [6.07, 6.45) is 0.293. The van der Waals surface area contributed by atoms with E-state index in [4.69, 9.17) is 9.84 Å². The number of amides is 1. The van der Waals surface area contributed by atoms with Crippen LogP contribution >= 0.6 is 0 Å². The quantitative estimate of drug-likeness (QED) is 0.711. The fourth-order valence-corrected chi connectivity index (χ4v) is 4.07. The van der Waals surface area contributed by atoms with Gasteiger partial charge in [-0.25, -0.2) is 8.42 Å². The zero-order valence-corrected chi connectivity index (χ0v) is 16.5. The smallest absolute Gasteiger partial charge is 0.303 e. The van der Waals surface area contributed by atoms with E-state index in [-0.39, 0.29) is 28.5 Å². The van der Waals surface area contributed by atoms with E-state index in [0.717, 1.165) is 5.56 Å². The first-order valence-corrected chi connectivity index (χ1v) is 10.6. The van der Waals surface area contributed by atoms with Crippen molar-refractivity contribution in [2.75, 3.05) is 31.0 Å². The SMILES string of the molecule is O=C(O)CCc1ccc(S(=O)(=O)Nc2ccccc2C(=O)N2CCOCC2)cc1. The van der Waals surface area contributed by atoms with Crippen LogP contribution in [0.1, 0.15) is 22.3 Å². The Morgan fingerprint density at radius 2 is 1.69 bits per heavy atom. The molecular weight excluding hydrogens is 396 g/mol. The van der Waals surface area contributed by atoms with Crippen LogP contribution in [-0.4, -0.2) is 56.6 Å². The number of morpholine rings is 1. The van der Waals surface area contributed by atoms with E-state index in [0.29, 0.717) is 32.7 Å². The Kier molecular flexibility index (Phi) is 6.50. The van der Waals surface area contributed by atoms with E-state index in [1.807, 2.05) is 0 Å². The van der Waals surface area contributed by atoms with Crippen molar-refractivity contribution in [3.05, 3.63) is 59.7 Å². The van der Waals surface area contributed by atoms with Gasteiger partial charge < -0.3 is 14.7 Å². The average Bonchev–Trinajstić information content (AvgIpc) is 2.73. The highest BCUT2D eigenvalue weighted by atomic mass is 32.2. The number of para-hydroxylation sites is 1. The lowest BCUT2D eigenvalue weighted by Gasteiger charge is -2.27. The van der Waals surface area contributed by atoms with Crippen LogP contribution in [0.3, 0.4) is 0 Å². The lowest BCUT2D eigenvalue weighted by molar-refractivity contribution is -0.136. The molecule has 0 bridgehead atoms. The minimum absolute atomic E-state index is 0.0264. The Hall–Kier alpha value is -2.91. The van der Waals surface area contributed by atoms with Crippen molar-refractivity contribution in [2.24, 2.45) is 0 Å². The highest BCUT2D eigenvalue weighted by molar-refractivity contribution is 7.92. The van der Waals surface area contributed by atoms with E-state index in [9.17, 15) is 18.0 Å². The van der Waals surface area contributed by atoms with Crippen molar-refractivity contribution in [1.29, 1.82) is 0 Å². The second-order valence-electron chi connectivity index (χ2n) is 6.59. The molecule has 29 heavy (non-hydrogen) atoms. The fraction of sp³-hybridized carbons (Fsp3) is 0.300. The van der Waals surface area contributed by atoms with E-state index in [1.165, 1.54) is 12.1 Å². The minimum atomic E-state index is -3.91. The van der Waals surface area contributed by atoms with Crippen molar-refractivity contribution < 1.29 is 27.9 Å². The van der Waals surface area contributed by atoms with E-state index in [2.05, 4.69) is 4.72 Å². The van der Waals surface area contributed by atoms with Gasteiger partial charge in [-0.1, -0.05) is 24.3 Å². The van der Waals surface area contributed by atoms with Crippen molar-refractivity contribution in [3.63, 3.8) is 0 Å². The van der Waals surface area contributed by atoms with E-state index >= 15 is 0 Å². The van der Waals surface area contributed by atoms with Crippen molar-refractivity contribution in [3.8, 4) is 0 Å². The maximum Gasteiger partial charge on any atom is 0.303 e. The number of aliphatic carboxylic acids is 1. The van der Waals surface area contributed by atoms with Crippen LogP contribution in [0.2, 0.25) is 0 Å². The normalized spacial score (nSPS) is 14.4. The van der Waals surface area contributed by atoms with E-state index in [1.54, 1.807) is 41.3 Å². The molecule has 0 aliphatic carbocycles. The molecule has 3 rings (SSSR count). The summed E-state index contributed by atoms with van der Waals surface area (Å²) in [6, 6.07) is 12.5. The monoisotopic (exact) mass is 418 g/mol. The number of benzene rings is 2. The predicted octanol–water partition coefficient (Wildman–Crippen LogP) is 1.98. The summed E-state index contributed by atoms with van der Waals surface area (Å²) in [5.41, 5.74) is 1.21. The third kappa shape index (κ3) is 5.33. The Labute approximate surface area is 169 Å². The number of ether oxygens (including phenoxy) is 1. The molecular formula is C20H22N2O6S. The molecule has 0 atom stereocenters. The number of nitrogens with one attached hydrogen (secondary N) is 1. The van der Waals surface area contributed by atoms with Crippen LogP contribution in [0.25, 0.3) is 0 Å². The van der Waals surface area contributed by atoms with Gasteiger partial charge in [-0.15, -0.1) is 0 Å². The third-order valence-corrected chi connectivity index (χ3v) is 5.94. The Morgan fingerprint density at radius 3 is 2.34 bits per heavy atom. The molecule has 2 N–H and O–H groups in total. The number of sulfonamides is 1. The molecule has 1 saturated heterocycles. The van der Waals surface area contributed by atoms with Crippen LogP contribution in [0.15, 0.2) is 53.4 Å². The lowest BCUT2D eigenvalue weighted by Crippen LogP contribution is -2.41. The minimum Gasteiger partial charge on any atom is -0.481 e. The molecule has 1 amide bonds. The van der Waals surface area contributed by atoms with Crippen LogP contribution in [0.4, 0.5) is 5.69 Å². The standard InChI is InChI=1S/C20H22N2O6S/c23-19(24)10-7-15-5-8-16(9-6-15)29(26,27)21-18-4-2-1-3-17(18)20(25)22-11-13-28-14-12-22/h1-6,8-9,21H,7,10-14H2,(H,23,24). The number of aryl methyl sites for hydroxylation is 1. The highest BCUT2D eigenvalue weighted by Gasteiger charge is 2.23. The molecule has 0 radical (unpaired) electrons. The molecule has 1 aliphatic rings. The number of anilines is 1. The summed E-state index contributed by atoms with van der Waals surface area (Å²) >= 11 is 0. The molecule has 0 unspecified atom stereocenters. The summed E-state index contributed by atoms with van der Waals surface area (Å²) in [4.78, 5) is 25.1. The van der Waals surface area contributed by atoms with Gasteiger partial charge in [0, 0.05) is 19.5 Å². The molecule has 0 saturated carbocycles. The summed E-state index contributed by atoms with van der Waals surface area (Å²) in [6.45, 7) is 1.82. The Balaban J connectivity index is 1.78. The summed E-state index contributed by atoms with van der Waals surface area (Å²) in [5, 5.41) is 8.74. The van der Waals surface area contributed by atoms with Gasteiger partial charge in [0.25, 0.3) is 15.9 Å². The molecule has 9 heteroatoms. The zero-order chi connectivity index (χ0) is 20.9.